The lowest BCUT2D eigenvalue weighted by molar-refractivity contribution is -0.150. The van der Waals surface area contributed by atoms with Crippen LogP contribution in [0.3, 0.4) is 0 Å². The van der Waals surface area contributed by atoms with Gasteiger partial charge < -0.3 is 14.7 Å². The first-order valence-electron chi connectivity index (χ1n) is 10.9. The van der Waals surface area contributed by atoms with Gasteiger partial charge in [-0.3, -0.25) is 14.7 Å². The second kappa shape index (κ2) is 8.79. The Morgan fingerprint density at radius 1 is 1.14 bits per heavy atom. The molecule has 0 spiro atoms. The quantitative estimate of drug-likeness (QED) is 0.815. The summed E-state index contributed by atoms with van der Waals surface area (Å²) in [4.78, 5) is 33.4. The van der Waals surface area contributed by atoms with Gasteiger partial charge in [-0.05, 0) is 43.2 Å². The highest BCUT2D eigenvalue weighted by atomic mass is 16.5. The van der Waals surface area contributed by atoms with Crippen molar-refractivity contribution in [2.45, 2.75) is 50.5 Å². The average Bonchev–Trinajstić information content (AvgIpc) is 3.23. The first-order valence-corrected chi connectivity index (χ1v) is 10.9. The SMILES string of the molecule is O=C(O)c1cncc(CC2CCN(C(=O)C3(N4CCOCC4)CCCCC3)C2)c1. The molecule has 1 atom stereocenters. The molecular formula is C22H31N3O4. The van der Waals surface area contributed by atoms with E-state index >= 15 is 0 Å². The molecule has 1 amide bonds. The zero-order chi connectivity index (χ0) is 20.3. The van der Waals surface area contributed by atoms with Crippen molar-refractivity contribution in [3.05, 3.63) is 29.6 Å². The van der Waals surface area contributed by atoms with Gasteiger partial charge in [0, 0.05) is 38.6 Å². The Labute approximate surface area is 172 Å². The number of amides is 1. The van der Waals surface area contributed by atoms with Crippen molar-refractivity contribution in [1.82, 2.24) is 14.8 Å². The van der Waals surface area contributed by atoms with Crippen LogP contribution in [0.4, 0.5) is 0 Å². The van der Waals surface area contributed by atoms with Crippen LogP contribution < -0.4 is 0 Å². The number of aromatic nitrogens is 1. The molecule has 0 bridgehead atoms. The molecule has 3 fully saturated rings. The topological polar surface area (TPSA) is 83.0 Å². The maximum absolute atomic E-state index is 13.7. The Hall–Kier alpha value is -1.99. The van der Waals surface area contributed by atoms with E-state index in [1.165, 1.54) is 12.6 Å². The molecule has 1 N–H and O–H groups in total. The van der Waals surface area contributed by atoms with E-state index in [2.05, 4.69) is 14.8 Å². The second-order valence-corrected chi connectivity index (χ2v) is 8.69. The van der Waals surface area contributed by atoms with Crippen LogP contribution >= 0.6 is 0 Å². The van der Waals surface area contributed by atoms with Gasteiger partial charge >= 0.3 is 5.97 Å². The van der Waals surface area contributed by atoms with Crippen molar-refractivity contribution in [2.24, 2.45) is 5.92 Å². The molecule has 0 aromatic carbocycles. The van der Waals surface area contributed by atoms with Crippen LogP contribution in [0, 0.1) is 5.92 Å². The van der Waals surface area contributed by atoms with E-state index in [-0.39, 0.29) is 11.1 Å². The molecule has 1 aliphatic carbocycles. The molecule has 1 aromatic heterocycles. The van der Waals surface area contributed by atoms with Crippen LogP contribution in [-0.2, 0) is 16.0 Å². The third kappa shape index (κ3) is 4.31. The van der Waals surface area contributed by atoms with Crippen LogP contribution in [0.15, 0.2) is 18.5 Å². The van der Waals surface area contributed by atoms with Gasteiger partial charge in [0.2, 0.25) is 5.91 Å². The molecule has 3 heterocycles. The summed E-state index contributed by atoms with van der Waals surface area (Å²) >= 11 is 0. The van der Waals surface area contributed by atoms with Crippen molar-refractivity contribution in [3.8, 4) is 0 Å². The van der Waals surface area contributed by atoms with E-state index in [0.29, 0.717) is 25.0 Å². The summed E-state index contributed by atoms with van der Waals surface area (Å²) in [6.45, 7) is 4.66. The normalized spacial score (nSPS) is 25.1. The monoisotopic (exact) mass is 401 g/mol. The standard InChI is InChI=1S/C22H31N3O4/c26-20(27)19-13-18(14-23-15-19)12-17-4-7-24(16-17)21(28)22(5-2-1-3-6-22)25-8-10-29-11-9-25/h13-15,17H,1-12,16H2,(H,26,27). The summed E-state index contributed by atoms with van der Waals surface area (Å²) in [5.41, 5.74) is 0.813. The number of carbonyl (C=O) groups is 2. The minimum absolute atomic E-state index is 0.224. The van der Waals surface area contributed by atoms with Crippen LogP contribution in [0.2, 0.25) is 0 Å². The number of likely N-dealkylation sites (tertiary alicyclic amines) is 1. The lowest BCUT2D eigenvalue weighted by atomic mass is 9.78. The van der Waals surface area contributed by atoms with Crippen molar-refractivity contribution in [2.75, 3.05) is 39.4 Å². The number of ether oxygens (including phenoxy) is 1. The smallest absolute Gasteiger partial charge is 0.337 e. The maximum atomic E-state index is 13.7. The van der Waals surface area contributed by atoms with Gasteiger partial charge in [-0.2, -0.15) is 0 Å². The molecule has 0 radical (unpaired) electrons. The van der Waals surface area contributed by atoms with E-state index in [1.807, 2.05) is 0 Å². The third-order valence-electron chi connectivity index (χ3n) is 6.83. The first-order chi connectivity index (χ1) is 14.1. The Morgan fingerprint density at radius 3 is 2.62 bits per heavy atom. The van der Waals surface area contributed by atoms with Gasteiger partial charge in [0.05, 0.1) is 18.8 Å². The molecular weight excluding hydrogens is 370 g/mol. The van der Waals surface area contributed by atoms with Gasteiger partial charge in [-0.25, -0.2) is 4.79 Å². The highest BCUT2D eigenvalue weighted by molar-refractivity contribution is 5.87. The van der Waals surface area contributed by atoms with E-state index < -0.39 is 5.97 Å². The number of morpholine rings is 1. The molecule has 4 rings (SSSR count). The highest BCUT2D eigenvalue weighted by Crippen LogP contribution is 2.37. The fraction of sp³-hybridized carbons (Fsp3) is 0.682. The van der Waals surface area contributed by atoms with E-state index in [0.717, 1.165) is 70.3 Å². The summed E-state index contributed by atoms with van der Waals surface area (Å²) in [7, 11) is 0. The van der Waals surface area contributed by atoms with Gasteiger partial charge in [-0.15, -0.1) is 0 Å². The number of rotatable bonds is 5. The average molecular weight is 402 g/mol. The molecule has 158 valence electrons. The zero-order valence-corrected chi connectivity index (χ0v) is 17.0. The largest absolute Gasteiger partial charge is 0.478 e. The summed E-state index contributed by atoms with van der Waals surface area (Å²) in [6, 6.07) is 1.70. The second-order valence-electron chi connectivity index (χ2n) is 8.69. The van der Waals surface area contributed by atoms with E-state index in [9.17, 15) is 14.7 Å². The number of carboxylic acids is 1. The van der Waals surface area contributed by atoms with E-state index in [4.69, 9.17) is 4.74 Å². The van der Waals surface area contributed by atoms with Crippen molar-refractivity contribution < 1.29 is 19.4 Å². The number of aromatic carboxylic acids is 1. The zero-order valence-electron chi connectivity index (χ0n) is 17.0. The van der Waals surface area contributed by atoms with Gasteiger partial charge in [0.15, 0.2) is 0 Å². The number of nitrogens with zero attached hydrogens (tertiary/aromatic N) is 3. The van der Waals surface area contributed by atoms with Crippen LogP contribution in [0.5, 0.6) is 0 Å². The van der Waals surface area contributed by atoms with Gasteiger partial charge in [0.1, 0.15) is 5.54 Å². The molecule has 3 aliphatic rings. The number of hydrogen-bond acceptors (Lipinski definition) is 5. The summed E-state index contributed by atoms with van der Waals surface area (Å²) in [5.74, 6) is -0.290. The predicted molar refractivity (Wildman–Crippen MR) is 108 cm³/mol. The first kappa shape index (κ1) is 20.3. The molecule has 2 aliphatic heterocycles. The predicted octanol–water partition coefficient (Wildman–Crippen LogP) is 2.21. The Bertz CT molecular complexity index is 741. The Balaban J connectivity index is 1.43. The number of pyridine rings is 1. The summed E-state index contributed by atoms with van der Waals surface area (Å²) < 4.78 is 5.54. The lowest BCUT2D eigenvalue weighted by Gasteiger charge is -2.48. The molecule has 7 heteroatoms. The summed E-state index contributed by atoms with van der Waals surface area (Å²) in [5, 5.41) is 9.18. The lowest BCUT2D eigenvalue weighted by Crippen LogP contribution is -2.62. The maximum Gasteiger partial charge on any atom is 0.337 e. The highest BCUT2D eigenvalue weighted by Gasteiger charge is 2.48. The minimum Gasteiger partial charge on any atom is -0.478 e. The molecule has 1 unspecified atom stereocenters. The fourth-order valence-electron chi connectivity index (χ4n) is 5.32. The Kier molecular flexibility index (Phi) is 6.15. The van der Waals surface area contributed by atoms with E-state index in [1.54, 1.807) is 12.3 Å². The molecule has 2 saturated heterocycles. The van der Waals surface area contributed by atoms with Crippen LogP contribution in [0.25, 0.3) is 0 Å². The minimum atomic E-state index is -0.952. The molecule has 1 saturated carbocycles. The number of carboxylic acid groups (broad SMARTS) is 1. The molecule has 1 aromatic rings. The van der Waals surface area contributed by atoms with Gasteiger partial charge in [-0.1, -0.05) is 19.3 Å². The fourth-order valence-corrected chi connectivity index (χ4v) is 5.32. The molecule has 7 nitrogen and oxygen atoms in total. The summed E-state index contributed by atoms with van der Waals surface area (Å²) in [6.07, 6.45) is 10.2. The number of hydrogen-bond donors (Lipinski definition) is 1. The van der Waals surface area contributed by atoms with Crippen LogP contribution in [0.1, 0.15) is 54.4 Å². The Morgan fingerprint density at radius 2 is 1.90 bits per heavy atom. The van der Waals surface area contributed by atoms with Crippen molar-refractivity contribution in [1.29, 1.82) is 0 Å². The van der Waals surface area contributed by atoms with Crippen LogP contribution in [-0.4, -0.2) is 76.7 Å². The number of carbonyl (C=O) groups excluding carboxylic acids is 1. The molecule has 29 heavy (non-hydrogen) atoms. The van der Waals surface area contributed by atoms with Crippen molar-refractivity contribution >= 4 is 11.9 Å². The third-order valence-corrected chi connectivity index (χ3v) is 6.83. The van der Waals surface area contributed by atoms with Crippen molar-refractivity contribution in [3.63, 3.8) is 0 Å². The van der Waals surface area contributed by atoms with Gasteiger partial charge in [0.25, 0.3) is 0 Å².